The number of hydrogen-bond acceptors (Lipinski definition) is 6. The molecular weight excluding hydrogens is 530 g/mol. The number of piperidine rings is 1. The highest BCUT2D eigenvalue weighted by molar-refractivity contribution is 7.92. The van der Waals surface area contributed by atoms with Gasteiger partial charge in [-0.1, -0.05) is 23.7 Å². The molecule has 3 aromatic rings. The van der Waals surface area contributed by atoms with E-state index in [0.717, 1.165) is 5.56 Å². The lowest BCUT2D eigenvalue weighted by Gasteiger charge is -2.30. The number of amides is 1. The Labute approximate surface area is 214 Å². The fourth-order valence-corrected chi connectivity index (χ4v) is 7.57. The number of anilines is 2. The number of aryl methyl sites for hydroxylation is 1. The number of halogens is 1. The summed E-state index contributed by atoms with van der Waals surface area (Å²) >= 11 is 7.24. The van der Waals surface area contributed by atoms with Gasteiger partial charge in [-0.25, -0.2) is 16.8 Å². The van der Waals surface area contributed by atoms with Gasteiger partial charge in [0.2, 0.25) is 5.91 Å². The Hall–Kier alpha value is -2.44. The second-order valence-electron chi connectivity index (χ2n) is 8.19. The van der Waals surface area contributed by atoms with Gasteiger partial charge in [-0.05, 0) is 73.2 Å². The van der Waals surface area contributed by atoms with Crippen LogP contribution in [0, 0.1) is 12.8 Å². The molecule has 1 saturated heterocycles. The van der Waals surface area contributed by atoms with E-state index in [-0.39, 0.29) is 29.8 Å². The molecule has 0 saturated carbocycles. The minimum Gasteiger partial charge on any atom is -0.326 e. The molecule has 0 spiro atoms. The van der Waals surface area contributed by atoms with Crippen molar-refractivity contribution < 1.29 is 21.6 Å². The Balaban J connectivity index is 1.35. The van der Waals surface area contributed by atoms with Crippen LogP contribution in [-0.2, 0) is 24.8 Å². The van der Waals surface area contributed by atoms with Gasteiger partial charge in [0.05, 0.1) is 10.6 Å². The fraction of sp³-hybridized carbons (Fsp3) is 0.261. The molecule has 2 heterocycles. The van der Waals surface area contributed by atoms with Crippen molar-refractivity contribution in [2.75, 3.05) is 23.1 Å². The minimum atomic E-state index is -3.83. The minimum absolute atomic E-state index is 0.0410. The predicted octanol–water partition coefficient (Wildman–Crippen LogP) is 4.55. The van der Waals surface area contributed by atoms with E-state index in [1.807, 2.05) is 6.92 Å². The van der Waals surface area contributed by atoms with Gasteiger partial charge in [0, 0.05) is 29.7 Å². The van der Waals surface area contributed by atoms with E-state index in [1.54, 1.807) is 35.7 Å². The summed E-state index contributed by atoms with van der Waals surface area (Å²) in [6, 6.07) is 14.0. The second-order valence-corrected chi connectivity index (χ2v) is 13.4. The largest absolute Gasteiger partial charge is 0.326 e. The summed E-state index contributed by atoms with van der Waals surface area (Å²) in [4.78, 5) is 12.8. The highest BCUT2D eigenvalue weighted by atomic mass is 35.5. The number of thiophene rings is 1. The van der Waals surface area contributed by atoms with Crippen molar-refractivity contribution in [1.82, 2.24) is 4.31 Å². The first-order valence-corrected chi connectivity index (χ1v) is 15.0. The zero-order valence-corrected chi connectivity index (χ0v) is 22.0. The number of rotatable bonds is 7. The molecule has 1 aromatic heterocycles. The Morgan fingerprint density at radius 2 is 1.66 bits per heavy atom. The van der Waals surface area contributed by atoms with Gasteiger partial charge in [-0.15, -0.1) is 11.3 Å². The van der Waals surface area contributed by atoms with Gasteiger partial charge in [0.25, 0.3) is 20.0 Å². The van der Waals surface area contributed by atoms with E-state index < -0.39 is 20.0 Å². The van der Waals surface area contributed by atoms with Crippen LogP contribution in [-0.4, -0.2) is 40.1 Å². The smallest absolute Gasteiger partial charge is 0.261 e. The average Bonchev–Trinajstić information content (AvgIpc) is 3.38. The fourth-order valence-electron chi connectivity index (χ4n) is 3.73. The predicted molar refractivity (Wildman–Crippen MR) is 138 cm³/mol. The van der Waals surface area contributed by atoms with E-state index >= 15 is 0 Å². The molecule has 0 bridgehead atoms. The van der Waals surface area contributed by atoms with E-state index in [2.05, 4.69) is 10.0 Å². The van der Waals surface area contributed by atoms with Crippen molar-refractivity contribution in [3.63, 3.8) is 0 Å². The number of carbonyl (C=O) groups is 1. The maximum absolute atomic E-state index is 12.7. The lowest BCUT2D eigenvalue weighted by molar-refractivity contribution is -0.120. The maximum Gasteiger partial charge on any atom is 0.261 e. The Morgan fingerprint density at radius 1 is 1.00 bits per heavy atom. The van der Waals surface area contributed by atoms with E-state index in [4.69, 9.17) is 11.6 Å². The molecule has 1 amide bonds. The van der Waals surface area contributed by atoms with E-state index in [1.165, 1.54) is 39.9 Å². The van der Waals surface area contributed by atoms with Crippen LogP contribution in [0.5, 0.6) is 0 Å². The molecule has 0 unspecified atom stereocenters. The Kier molecular flexibility index (Phi) is 7.53. The lowest BCUT2D eigenvalue weighted by atomic mass is 9.97. The van der Waals surface area contributed by atoms with Gasteiger partial charge < -0.3 is 5.32 Å². The molecule has 0 radical (unpaired) electrons. The topological polar surface area (TPSA) is 113 Å². The highest BCUT2D eigenvalue weighted by Crippen LogP contribution is 2.27. The van der Waals surface area contributed by atoms with Crippen molar-refractivity contribution in [3.8, 4) is 0 Å². The first-order chi connectivity index (χ1) is 16.6. The van der Waals surface area contributed by atoms with Crippen LogP contribution < -0.4 is 10.0 Å². The quantitative estimate of drug-likeness (QED) is 0.445. The van der Waals surface area contributed by atoms with Crippen LogP contribution in [0.1, 0.15) is 18.4 Å². The summed E-state index contributed by atoms with van der Waals surface area (Å²) in [5.74, 6) is -0.553. The third-order valence-electron chi connectivity index (χ3n) is 5.77. The van der Waals surface area contributed by atoms with Gasteiger partial charge in [-0.3, -0.25) is 9.52 Å². The number of carbonyl (C=O) groups excluding carboxylic acids is 1. The standard InChI is InChI=1S/C23H24ClN3O5S3/c1-16-4-5-19(15-21(16)24)26-34(29,30)20-8-6-18(7-9-20)25-23(28)17-10-12-27(13-11-17)35(31,32)22-3-2-14-33-22/h2-9,14-15,17,26H,10-13H2,1H3,(H,25,28). The zero-order chi connectivity index (χ0) is 25.2. The molecule has 1 aliphatic rings. The Morgan fingerprint density at radius 3 is 2.26 bits per heavy atom. The Bertz CT molecular complexity index is 1420. The van der Waals surface area contributed by atoms with Crippen LogP contribution in [0.3, 0.4) is 0 Å². The van der Waals surface area contributed by atoms with E-state index in [0.29, 0.717) is 33.4 Å². The highest BCUT2D eigenvalue weighted by Gasteiger charge is 2.32. The zero-order valence-electron chi connectivity index (χ0n) is 18.8. The summed E-state index contributed by atoms with van der Waals surface area (Å²) in [6.07, 6.45) is 0.817. The van der Waals surface area contributed by atoms with Crippen molar-refractivity contribution in [3.05, 3.63) is 70.6 Å². The molecule has 2 aromatic carbocycles. The molecule has 4 rings (SSSR count). The number of hydrogen-bond donors (Lipinski definition) is 2. The summed E-state index contributed by atoms with van der Waals surface area (Å²) < 4.78 is 54.9. The van der Waals surface area contributed by atoms with Crippen molar-refractivity contribution in [2.45, 2.75) is 28.9 Å². The number of nitrogens with one attached hydrogen (secondary N) is 2. The van der Waals surface area contributed by atoms with Crippen LogP contribution in [0.2, 0.25) is 5.02 Å². The van der Waals surface area contributed by atoms with Crippen molar-refractivity contribution >= 4 is 60.3 Å². The molecule has 0 aliphatic carbocycles. The maximum atomic E-state index is 12.7. The number of nitrogens with zero attached hydrogens (tertiary/aromatic N) is 1. The molecule has 35 heavy (non-hydrogen) atoms. The molecule has 0 atom stereocenters. The molecular formula is C23H24ClN3O5S3. The number of sulfonamides is 2. The molecule has 186 valence electrons. The average molecular weight is 554 g/mol. The molecule has 12 heteroatoms. The normalized spacial score (nSPS) is 15.6. The third-order valence-corrected chi connectivity index (χ3v) is 10.8. The summed E-state index contributed by atoms with van der Waals surface area (Å²) in [6.45, 7) is 2.36. The molecule has 8 nitrogen and oxygen atoms in total. The van der Waals surface area contributed by atoms with Crippen molar-refractivity contribution in [1.29, 1.82) is 0 Å². The van der Waals surface area contributed by atoms with Gasteiger partial charge in [-0.2, -0.15) is 4.31 Å². The first kappa shape index (κ1) is 25.6. The number of benzene rings is 2. The second kappa shape index (κ2) is 10.3. The SMILES string of the molecule is Cc1ccc(NS(=O)(=O)c2ccc(NC(=O)C3CCN(S(=O)(=O)c4cccs4)CC3)cc2)cc1Cl. The molecule has 1 fully saturated rings. The monoisotopic (exact) mass is 553 g/mol. The third kappa shape index (κ3) is 5.87. The first-order valence-electron chi connectivity index (χ1n) is 10.8. The lowest BCUT2D eigenvalue weighted by Crippen LogP contribution is -2.41. The van der Waals surface area contributed by atoms with Crippen LogP contribution in [0.25, 0.3) is 0 Å². The van der Waals surface area contributed by atoms with Crippen LogP contribution in [0.4, 0.5) is 11.4 Å². The van der Waals surface area contributed by atoms with E-state index in [9.17, 15) is 21.6 Å². The van der Waals surface area contributed by atoms with Crippen molar-refractivity contribution in [2.24, 2.45) is 5.92 Å². The molecule has 1 aliphatic heterocycles. The summed E-state index contributed by atoms with van der Waals surface area (Å²) in [5.41, 5.74) is 1.65. The summed E-state index contributed by atoms with van der Waals surface area (Å²) in [7, 11) is -7.35. The van der Waals surface area contributed by atoms with Crippen LogP contribution >= 0.6 is 22.9 Å². The van der Waals surface area contributed by atoms with Crippen LogP contribution in [0.15, 0.2) is 69.1 Å². The van der Waals surface area contributed by atoms with Gasteiger partial charge in [0.1, 0.15) is 4.21 Å². The summed E-state index contributed by atoms with van der Waals surface area (Å²) in [5, 5.41) is 4.97. The van der Waals surface area contributed by atoms with Gasteiger partial charge in [0.15, 0.2) is 0 Å². The van der Waals surface area contributed by atoms with Gasteiger partial charge >= 0.3 is 0 Å². The molecule has 2 N–H and O–H groups in total.